The van der Waals surface area contributed by atoms with Gasteiger partial charge in [-0.3, -0.25) is 4.90 Å². The summed E-state index contributed by atoms with van der Waals surface area (Å²) in [5.41, 5.74) is 2.41. The molecule has 2 aromatic rings. The monoisotopic (exact) mass is 480 g/mol. The van der Waals surface area contributed by atoms with Crippen LogP contribution in [0.5, 0.6) is 5.75 Å². The molecule has 1 aliphatic heterocycles. The minimum atomic E-state index is 0.560. The fraction of sp³-hybridized carbons (Fsp3) is 0.429. The van der Waals surface area contributed by atoms with Crippen molar-refractivity contribution >= 4 is 31.9 Å². The van der Waals surface area contributed by atoms with Gasteiger partial charge in [-0.2, -0.15) is 0 Å². The predicted molar refractivity (Wildman–Crippen MR) is 115 cm³/mol. The number of likely N-dealkylation sites (tertiary alicyclic amines) is 1. The molecule has 0 saturated carbocycles. The summed E-state index contributed by atoms with van der Waals surface area (Å²) in [5.74, 6) is 0.852. The molecular weight excluding hydrogens is 456 g/mol. The topological polar surface area (TPSA) is 24.5 Å². The van der Waals surface area contributed by atoms with Crippen molar-refractivity contribution in [3.63, 3.8) is 0 Å². The molecule has 26 heavy (non-hydrogen) atoms. The van der Waals surface area contributed by atoms with Gasteiger partial charge in [0, 0.05) is 19.1 Å². The first kappa shape index (κ1) is 19.9. The van der Waals surface area contributed by atoms with Crippen LogP contribution in [0.4, 0.5) is 0 Å². The van der Waals surface area contributed by atoms with Crippen LogP contribution in [0.15, 0.2) is 51.4 Å². The summed E-state index contributed by atoms with van der Waals surface area (Å²) in [7, 11) is 0. The molecule has 1 saturated heterocycles. The second-order valence-corrected chi connectivity index (χ2v) is 8.43. The molecule has 0 bridgehead atoms. The molecule has 0 radical (unpaired) electrons. The maximum Gasteiger partial charge on any atom is 0.148 e. The Morgan fingerprint density at radius 2 is 1.85 bits per heavy atom. The number of hydrogen-bond acceptors (Lipinski definition) is 3. The van der Waals surface area contributed by atoms with Crippen LogP contribution in [-0.4, -0.2) is 30.6 Å². The van der Waals surface area contributed by atoms with Crippen molar-refractivity contribution < 1.29 is 4.74 Å². The summed E-state index contributed by atoms with van der Waals surface area (Å²) in [6, 6.07) is 15.2. The summed E-state index contributed by atoms with van der Waals surface area (Å²) >= 11 is 7.32. The maximum absolute atomic E-state index is 6.00. The zero-order valence-electron chi connectivity index (χ0n) is 15.2. The Morgan fingerprint density at radius 1 is 1.12 bits per heavy atom. The molecule has 1 aliphatic rings. The number of benzene rings is 2. The Hall–Kier alpha value is -0.880. The summed E-state index contributed by atoms with van der Waals surface area (Å²) in [6.07, 6.45) is 2.63. The lowest BCUT2D eigenvalue weighted by Gasteiger charge is -2.23. The molecule has 2 aromatic carbocycles. The molecule has 3 nitrogen and oxygen atoms in total. The van der Waals surface area contributed by atoms with Crippen molar-refractivity contribution in [1.82, 2.24) is 10.2 Å². The van der Waals surface area contributed by atoms with Crippen LogP contribution in [0.25, 0.3) is 0 Å². The lowest BCUT2D eigenvalue weighted by molar-refractivity contribution is 0.260. The molecule has 140 valence electrons. The SMILES string of the molecule is CCN1CCC[C@@H]1CNCc1cc(Br)c(OCc2ccccc2)c(Br)c1. The van der Waals surface area contributed by atoms with Gasteiger partial charge in [0.15, 0.2) is 0 Å². The molecule has 0 amide bonds. The highest BCUT2D eigenvalue weighted by molar-refractivity contribution is 9.11. The van der Waals surface area contributed by atoms with Gasteiger partial charge < -0.3 is 10.1 Å². The standard InChI is InChI=1S/C21H26Br2N2O/c1-2-25-10-6-9-18(25)14-24-13-17-11-19(22)21(20(23)12-17)26-15-16-7-4-3-5-8-16/h3-5,7-8,11-12,18,24H,2,6,9-10,13-15H2,1H3/t18-/m1/s1. The molecule has 0 aromatic heterocycles. The van der Waals surface area contributed by atoms with Gasteiger partial charge in [0.2, 0.25) is 0 Å². The predicted octanol–water partition coefficient (Wildman–Crippen LogP) is 5.36. The summed E-state index contributed by atoms with van der Waals surface area (Å²) in [4.78, 5) is 2.57. The number of rotatable bonds is 8. The van der Waals surface area contributed by atoms with E-state index in [0.717, 1.165) is 39.9 Å². The van der Waals surface area contributed by atoms with Crippen LogP contribution < -0.4 is 10.1 Å². The van der Waals surface area contributed by atoms with E-state index in [-0.39, 0.29) is 0 Å². The lowest BCUT2D eigenvalue weighted by atomic mass is 10.2. The molecule has 3 rings (SSSR count). The van der Waals surface area contributed by atoms with E-state index in [0.29, 0.717) is 12.6 Å². The van der Waals surface area contributed by atoms with Gasteiger partial charge in [-0.15, -0.1) is 0 Å². The second kappa shape index (κ2) is 9.88. The number of hydrogen-bond donors (Lipinski definition) is 1. The Morgan fingerprint density at radius 3 is 2.54 bits per heavy atom. The highest BCUT2D eigenvalue weighted by atomic mass is 79.9. The third-order valence-corrected chi connectivity index (χ3v) is 6.08. The zero-order chi connectivity index (χ0) is 18.4. The molecular formula is C21H26Br2N2O. The average Bonchev–Trinajstić information content (AvgIpc) is 3.09. The van der Waals surface area contributed by atoms with Gasteiger partial charge in [0.1, 0.15) is 12.4 Å². The van der Waals surface area contributed by atoms with Crippen LogP contribution in [0.1, 0.15) is 30.9 Å². The third kappa shape index (κ3) is 5.32. The van der Waals surface area contributed by atoms with Gasteiger partial charge in [-0.05, 0) is 81.1 Å². The van der Waals surface area contributed by atoms with E-state index < -0.39 is 0 Å². The van der Waals surface area contributed by atoms with E-state index in [1.807, 2.05) is 18.2 Å². The first-order valence-corrected chi connectivity index (χ1v) is 10.9. The van der Waals surface area contributed by atoms with Crippen LogP contribution in [0.2, 0.25) is 0 Å². The van der Waals surface area contributed by atoms with Gasteiger partial charge in [0.25, 0.3) is 0 Å². The highest BCUT2D eigenvalue weighted by Gasteiger charge is 2.22. The summed E-state index contributed by atoms with van der Waals surface area (Å²) in [6.45, 7) is 7.12. The number of halogens is 2. The normalized spacial score (nSPS) is 17.6. The quantitative estimate of drug-likeness (QED) is 0.548. The van der Waals surface area contributed by atoms with E-state index >= 15 is 0 Å². The number of nitrogens with zero attached hydrogens (tertiary/aromatic N) is 1. The summed E-state index contributed by atoms with van der Waals surface area (Å²) < 4.78 is 7.97. The van der Waals surface area contributed by atoms with Gasteiger partial charge >= 0.3 is 0 Å². The Kier molecular flexibility index (Phi) is 7.55. The van der Waals surface area contributed by atoms with E-state index in [1.165, 1.54) is 24.9 Å². The van der Waals surface area contributed by atoms with Crippen molar-refractivity contribution in [3.8, 4) is 5.75 Å². The van der Waals surface area contributed by atoms with Crippen LogP contribution in [-0.2, 0) is 13.2 Å². The Bertz CT molecular complexity index is 685. The van der Waals surface area contributed by atoms with Gasteiger partial charge in [-0.25, -0.2) is 0 Å². The molecule has 1 fully saturated rings. The molecule has 0 unspecified atom stereocenters. The number of ether oxygens (including phenoxy) is 1. The van der Waals surface area contributed by atoms with Crippen molar-refractivity contribution in [1.29, 1.82) is 0 Å². The van der Waals surface area contributed by atoms with Crippen LogP contribution in [0.3, 0.4) is 0 Å². The van der Waals surface area contributed by atoms with E-state index in [1.54, 1.807) is 0 Å². The number of nitrogens with one attached hydrogen (secondary N) is 1. The Balaban J connectivity index is 1.55. The molecule has 1 N–H and O–H groups in total. The van der Waals surface area contributed by atoms with Gasteiger partial charge in [-0.1, -0.05) is 37.3 Å². The molecule has 0 spiro atoms. The largest absolute Gasteiger partial charge is 0.487 e. The summed E-state index contributed by atoms with van der Waals surface area (Å²) in [5, 5.41) is 3.62. The van der Waals surface area contributed by atoms with Crippen molar-refractivity contribution in [2.24, 2.45) is 0 Å². The third-order valence-electron chi connectivity index (χ3n) is 4.90. The van der Waals surface area contributed by atoms with Crippen LogP contribution >= 0.6 is 31.9 Å². The van der Waals surface area contributed by atoms with E-state index in [2.05, 4.69) is 73.3 Å². The minimum absolute atomic E-state index is 0.560. The highest BCUT2D eigenvalue weighted by Crippen LogP contribution is 2.35. The smallest absolute Gasteiger partial charge is 0.148 e. The molecule has 5 heteroatoms. The fourth-order valence-corrected chi connectivity index (χ4v) is 5.02. The van der Waals surface area contributed by atoms with E-state index in [9.17, 15) is 0 Å². The molecule has 0 aliphatic carbocycles. The van der Waals surface area contributed by atoms with Crippen molar-refractivity contribution in [2.75, 3.05) is 19.6 Å². The van der Waals surface area contributed by atoms with Crippen LogP contribution in [0, 0.1) is 0 Å². The zero-order valence-corrected chi connectivity index (χ0v) is 18.4. The second-order valence-electron chi connectivity index (χ2n) is 6.72. The average molecular weight is 482 g/mol. The van der Waals surface area contributed by atoms with Crippen molar-refractivity contribution in [3.05, 3.63) is 62.5 Å². The molecule has 1 heterocycles. The molecule has 1 atom stereocenters. The van der Waals surface area contributed by atoms with E-state index in [4.69, 9.17) is 4.74 Å². The van der Waals surface area contributed by atoms with Gasteiger partial charge in [0.05, 0.1) is 8.95 Å². The minimum Gasteiger partial charge on any atom is -0.487 e. The first-order chi connectivity index (χ1) is 12.7. The number of likely N-dealkylation sites (N-methyl/N-ethyl adjacent to an activating group) is 1. The maximum atomic E-state index is 6.00. The Labute approximate surface area is 173 Å². The lowest BCUT2D eigenvalue weighted by Crippen LogP contribution is -2.37. The first-order valence-electron chi connectivity index (χ1n) is 9.26. The van der Waals surface area contributed by atoms with Crippen molar-refractivity contribution in [2.45, 2.75) is 39.0 Å². The fourth-order valence-electron chi connectivity index (χ4n) is 3.51.